The first-order chi connectivity index (χ1) is 8.65. The maximum Gasteiger partial charge on any atom is 0.230 e. The van der Waals surface area contributed by atoms with Crippen molar-refractivity contribution in [3.63, 3.8) is 0 Å². The van der Waals surface area contributed by atoms with Gasteiger partial charge < -0.3 is 9.84 Å². The van der Waals surface area contributed by atoms with Crippen molar-refractivity contribution in [3.8, 4) is 0 Å². The highest BCUT2D eigenvalue weighted by atomic mass is 16.5. The lowest BCUT2D eigenvalue weighted by Gasteiger charge is -2.07. The van der Waals surface area contributed by atoms with Crippen LogP contribution >= 0.6 is 0 Å². The van der Waals surface area contributed by atoms with E-state index in [0.29, 0.717) is 11.6 Å². The quantitative estimate of drug-likeness (QED) is 0.899. The molecular weight excluding hydrogens is 228 g/mol. The van der Waals surface area contributed by atoms with Crippen molar-refractivity contribution < 1.29 is 9.32 Å². The molecule has 2 aromatic rings. The number of nitrogens with zero attached hydrogens (tertiary/aromatic N) is 1. The van der Waals surface area contributed by atoms with Gasteiger partial charge in [0, 0.05) is 11.8 Å². The number of aromatic nitrogens is 1. The third-order valence-corrected chi connectivity index (χ3v) is 2.69. The summed E-state index contributed by atoms with van der Waals surface area (Å²) in [6.07, 6.45) is 1.68. The molecular formula is C14H16N2O2. The summed E-state index contributed by atoms with van der Waals surface area (Å²) in [6, 6.07) is 9.56. The molecule has 1 heterocycles. The number of rotatable bonds is 4. The van der Waals surface area contributed by atoms with Gasteiger partial charge in [-0.05, 0) is 23.6 Å². The fourth-order valence-electron chi connectivity index (χ4n) is 1.65. The monoisotopic (exact) mass is 244 g/mol. The Morgan fingerprint density at radius 2 is 2.00 bits per heavy atom. The third kappa shape index (κ3) is 3.20. The SMILES string of the molecule is CC(C)c1ccc(NC(=O)Cc2ccon2)cc1. The summed E-state index contributed by atoms with van der Waals surface area (Å²) in [5.74, 6) is 0.395. The first-order valence-corrected chi connectivity index (χ1v) is 5.94. The van der Waals surface area contributed by atoms with Crippen LogP contribution in [0.1, 0.15) is 31.0 Å². The van der Waals surface area contributed by atoms with E-state index in [2.05, 4.69) is 28.8 Å². The highest BCUT2D eigenvalue weighted by molar-refractivity contribution is 5.91. The molecule has 4 heteroatoms. The molecule has 0 fully saturated rings. The molecule has 1 aromatic heterocycles. The standard InChI is InChI=1S/C14H16N2O2/c1-10(2)11-3-5-12(6-4-11)15-14(17)9-13-7-8-18-16-13/h3-8,10H,9H2,1-2H3,(H,15,17). The molecule has 0 aliphatic heterocycles. The zero-order chi connectivity index (χ0) is 13.0. The number of amides is 1. The molecule has 4 nitrogen and oxygen atoms in total. The minimum atomic E-state index is -0.0961. The lowest BCUT2D eigenvalue weighted by Crippen LogP contribution is -2.14. The van der Waals surface area contributed by atoms with Gasteiger partial charge in [0.1, 0.15) is 6.26 Å². The van der Waals surface area contributed by atoms with Crippen LogP contribution in [-0.2, 0) is 11.2 Å². The fourth-order valence-corrected chi connectivity index (χ4v) is 1.65. The molecule has 1 amide bonds. The number of carbonyl (C=O) groups excluding carboxylic acids is 1. The second-order valence-electron chi connectivity index (χ2n) is 4.49. The second kappa shape index (κ2) is 5.49. The molecule has 0 unspecified atom stereocenters. The Morgan fingerprint density at radius 1 is 1.28 bits per heavy atom. The van der Waals surface area contributed by atoms with Gasteiger partial charge in [-0.2, -0.15) is 0 Å². The smallest absolute Gasteiger partial charge is 0.230 e. The number of benzene rings is 1. The van der Waals surface area contributed by atoms with Gasteiger partial charge in [-0.3, -0.25) is 4.79 Å². The highest BCUT2D eigenvalue weighted by Gasteiger charge is 2.06. The zero-order valence-electron chi connectivity index (χ0n) is 10.5. The second-order valence-corrected chi connectivity index (χ2v) is 4.49. The Bertz CT molecular complexity index is 501. The van der Waals surface area contributed by atoms with Crippen molar-refractivity contribution in [1.82, 2.24) is 5.16 Å². The number of hydrogen-bond acceptors (Lipinski definition) is 3. The molecule has 0 bridgehead atoms. The maximum absolute atomic E-state index is 11.7. The minimum absolute atomic E-state index is 0.0961. The summed E-state index contributed by atoms with van der Waals surface area (Å²) < 4.78 is 4.68. The van der Waals surface area contributed by atoms with E-state index in [9.17, 15) is 4.79 Å². The normalized spacial score (nSPS) is 10.6. The number of hydrogen-bond donors (Lipinski definition) is 1. The fraction of sp³-hybridized carbons (Fsp3) is 0.286. The lowest BCUT2D eigenvalue weighted by molar-refractivity contribution is -0.115. The number of nitrogens with one attached hydrogen (secondary N) is 1. The highest BCUT2D eigenvalue weighted by Crippen LogP contribution is 2.17. The largest absolute Gasteiger partial charge is 0.364 e. The van der Waals surface area contributed by atoms with E-state index in [0.717, 1.165) is 5.69 Å². The van der Waals surface area contributed by atoms with Crippen molar-refractivity contribution in [2.75, 3.05) is 5.32 Å². The first kappa shape index (κ1) is 12.4. The van der Waals surface area contributed by atoms with E-state index in [-0.39, 0.29) is 12.3 Å². The topological polar surface area (TPSA) is 55.1 Å². The molecule has 0 aliphatic rings. The Morgan fingerprint density at radius 3 is 2.56 bits per heavy atom. The van der Waals surface area contributed by atoms with E-state index < -0.39 is 0 Å². The Balaban J connectivity index is 1.95. The summed E-state index contributed by atoms with van der Waals surface area (Å²) in [6.45, 7) is 4.27. The van der Waals surface area contributed by atoms with Gasteiger partial charge in [-0.15, -0.1) is 0 Å². The van der Waals surface area contributed by atoms with Crippen LogP contribution in [0.15, 0.2) is 41.1 Å². The lowest BCUT2D eigenvalue weighted by atomic mass is 10.0. The van der Waals surface area contributed by atoms with Crippen LogP contribution in [0.2, 0.25) is 0 Å². The van der Waals surface area contributed by atoms with E-state index >= 15 is 0 Å². The van der Waals surface area contributed by atoms with E-state index in [1.54, 1.807) is 6.07 Å². The van der Waals surface area contributed by atoms with Crippen LogP contribution in [0.4, 0.5) is 5.69 Å². The summed E-state index contributed by atoms with van der Waals surface area (Å²) in [5, 5.41) is 6.53. The van der Waals surface area contributed by atoms with Crippen molar-refractivity contribution in [2.24, 2.45) is 0 Å². The molecule has 0 spiro atoms. The molecule has 18 heavy (non-hydrogen) atoms. The van der Waals surface area contributed by atoms with Gasteiger partial charge in [0.25, 0.3) is 0 Å². The van der Waals surface area contributed by atoms with Crippen LogP contribution in [0.5, 0.6) is 0 Å². The van der Waals surface area contributed by atoms with Crippen LogP contribution in [0, 0.1) is 0 Å². The predicted octanol–water partition coefficient (Wildman–Crippen LogP) is 2.98. The van der Waals surface area contributed by atoms with Crippen molar-refractivity contribution in [1.29, 1.82) is 0 Å². The van der Waals surface area contributed by atoms with Gasteiger partial charge in [0.15, 0.2) is 0 Å². The van der Waals surface area contributed by atoms with E-state index in [1.807, 2.05) is 24.3 Å². The average Bonchev–Trinajstić information content (AvgIpc) is 2.82. The minimum Gasteiger partial charge on any atom is -0.364 e. The van der Waals surface area contributed by atoms with Gasteiger partial charge in [-0.25, -0.2) is 0 Å². The molecule has 0 saturated carbocycles. The number of anilines is 1. The molecule has 94 valence electrons. The van der Waals surface area contributed by atoms with E-state index in [4.69, 9.17) is 0 Å². The molecule has 1 N–H and O–H groups in total. The Hall–Kier alpha value is -2.10. The van der Waals surface area contributed by atoms with Crippen molar-refractivity contribution in [2.45, 2.75) is 26.2 Å². The molecule has 2 rings (SSSR count). The number of carbonyl (C=O) groups is 1. The third-order valence-electron chi connectivity index (χ3n) is 2.69. The van der Waals surface area contributed by atoms with Crippen LogP contribution in [0.25, 0.3) is 0 Å². The molecule has 0 aliphatic carbocycles. The van der Waals surface area contributed by atoms with Gasteiger partial charge in [0.2, 0.25) is 5.91 Å². The van der Waals surface area contributed by atoms with Crippen molar-refractivity contribution >= 4 is 11.6 Å². The Labute approximate surface area is 106 Å². The summed E-state index contributed by atoms with van der Waals surface area (Å²) >= 11 is 0. The van der Waals surface area contributed by atoms with Gasteiger partial charge in [0.05, 0.1) is 12.1 Å². The Kier molecular flexibility index (Phi) is 3.77. The zero-order valence-corrected chi connectivity index (χ0v) is 10.5. The first-order valence-electron chi connectivity index (χ1n) is 5.94. The summed E-state index contributed by atoms with van der Waals surface area (Å²) in [5.41, 5.74) is 2.68. The predicted molar refractivity (Wildman–Crippen MR) is 69.4 cm³/mol. The summed E-state index contributed by atoms with van der Waals surface area (Å²) in [4.78, 5) is 11.7. The average molecular weight is 244 g/mol. The van der Waals surface area contributed by atoms with Crippen molar-refractivity contribution in [3.05, 3.63) is 47.9 Å². The molecule has 0 atom stereocenters. The van der Waals surface area contributed by atoms with E-state index in [1.165, 1.54) is 11.8 Å². The molecule has 1 aromatic carbocycles. The van der Waals surface area contributed by atoms with Crippen LogP contribution in [-0.4, -0.2) is 11.1 Å². The van der Waals surface area contributed by atoms with Gasteiger partial charge in [-0.1, -0.05) is 31.1 Å². The molecule has 0 saturated heterocycles. The molecule has 0 radical (unpaired) electrons. The van der Waals surface area contributed by atoms with Gasteiger partial charge >= 0.3 is 0 Å². The van der Waals surface area contributed by atoms with Crippen LogP contribution < -0.4 is 5.32 Å². The van der Waals surface area contributed by atoms with Crippen LogP contribution in [0.3, 0.4) is 0 Å². The maximum atomic E-state index is 11.7. The summed E-state index contributed by atoms with van der Waals surface area (Å²) in [7, 11) is 0.